The van der Waals surface area contributed by atoms with Gasteiger partial charge in [-0.15, -0.1) is 0 Å². The van der Waals surface area contributed by atoms with E-state index >= 15 is 0 Å². The van der Waals surface area contributed by atoms with Gasteiger partial charge in [0.15, 0.2) is 0 Å². The van der Waals surface area contributed by atoms with Crippen LogP contribution in [0.4, 0.5) is 11.4 Å². The standard InChI is InChI=1S/C47H62N2O9S2/c1-34-17-20-37(21-18-34)58-45-35(16-13-27-46(2,3)40-32-38(56-6)22-24-42(40)48-28-8-10-30-59(50,51)52)14-12-15-36(45)19-26-44-47(4,5)41-33-39(57-7)23-25-43(41)49(44)29-9-11-31-60(53,54)55/h13,16-26,32-33,48H,8-12,14-15,27-31H2,1-7H3,(H,50,51,52)(H,53,54,55)/b16-13+,36-19+,44-26+. The molecule has 0 radical (unpaired) electrons. The summed E-state index contributed by atoms with van der Waals surface area (Å²) in [5, 5.41) is 3.48. The quantitative estimate of drug-likeness (QED) is 0.0735. The number of aryl methyl sites for hydroxylation is 1. The number of fused-ring (bicyclic) bond motifs is 1. The highest BCUT2D eigenvalue weighted by atomic mass is 32.2. The van der Waals surface area contributed by atoms with Gasteiger partial charge >= 0.3 is 0 Å². The van der Waals surface area contributed by atoms with E-state index in [1.807, 2.05) is 48.5 Å². The normalized spacial score (nSPS) is 17.1. The number of nitrogens with zero attached hydrogens (tertiary/aromatic N) is 1. The molecular weight excluding hydrogens is 801 g/mol. The Hall–Kier alpha value is -4.56. The molecule has 3 aromatic rings. The van der Waals surface area contributed by atoms with E-state index in [4.69, 9.17) is 18.8 Å². The lowest BCUT2D eigenvalue weighted by molar-refractivity contribution is 0.412. The summed E-state index contributed by atoms with van der Waals surface area (Å²) in [4.78, 5) is 2.26. The van der Waals surface area contributed by atoms with Crippen LogP contribution in [0, 0.1) is 6.92 Å². The van der Waals surface area contributed by atoms with E-state index in [0.717, 1.165) is 87.2 Å². The summed E-state index contributed by atoms with van der Waals surface area (Å²) in [6.07, 6.45) is 14.0. The summed E-state index contributed by atoms with van der Waals surface area (Å²) in [5.74, 6) is 2.56. The Morgan fingerprint density at radius 1 is 0.817 bits per heavy atom. The number of methoxy groups -OCH3 is 2. The summed E-state index contributed by atoms with van der Waals surface area (Å²) < 4.78 is 81.9. The first-order valence-electron chi connectivity index (χ1n) is 20.7. The molecule has 0 spiro atoms. The molecule has 3 N–H and O–H groups in total. The third-order valence-corrected chi connectivity index (χ3v) is 12.9. The molecule has 0 bridgehead atoms. The molecule has 0 saturated heterocycles. The van der Waals surface area contributed by atoms with Crippen LogP contribution in [0.3, 0.4) is 0 Å². The van der Waals surface area contributed by atoms with Crippen LogP contribution in [0.1, 0.15) is 95.8 Å². The second-order valence-corrected chi connectivity index (χ2v) is 20.0. The molecule has 326 valence electrons. The summed E-state index contributed by atoms with van der Waals surface area (Å²) in [5.41, 5.74) is 7.89. The maximum Gasteiger partial charge on any atom is 0.264 e. The first-order chi connectivity index (χ1) is 28.3. The molecule has 0 saturated carbocycles. The van der Waals surface area contributed by atoms with Gasteiger partial charge in [0.25, 0.3) is 20.2 Å². The van der Waals surface area contributed by atoms with Gasteiger partial charge in [-0.25, -0.2) is 0 Å². The fourth-order valence-corrected chi connectivity index (χ4v) is 9.07. The van der Waals surface area contributed by atoms with Crippen molar-refractivity contribution in [3.8, 4) is 17.2 Å². The number of unbranched alkanes of at least 4 members (excludes halogenated alkanes) is 2. The highest BCUT2D eigenvalue weighted by molar-refractivity contribution is 7.86. The zero-order valence-corrected chi connectivity index (χ0v) is 37.7. The topological polar surface area (TPSA) is 152 Å². The molecule has 0 fully saturated rings. The van der Waals surface area contributed by atoms with Crippen LogP contribution in [0.2, 0.25) is 0 Å². The predicted octanol–water partition coefficient (Wildman–Crippen LogP) is 10.1. The van der Waals surface area contributed by atoms with E-state index in [9.17, 15) is 21.4 Å². The Balaban J connectivity index is 1.47. The number of nitrogens with one attached hydrogen (secondary N) is 1. The second kappa shape index (κ2) is 19.9. The van der Waals surface area contributed by atoms with E-state index in [0.29, 0.717) is 45.2 Å². The Morgan fingerprint density at radius 3 is 2.12 bits per heavy atom. The number of anilines is 2. The number of allylic oxidation sites excluding steroid dienone is 7. The van der Waals surface area contributed by atoms with Crippen LogP contribution in [0.5, 0.6) is 17.2 Å². The molecule has 1 aliphatic carbocycles. The smallest absolute Gasteiger partial charge is 0.264 e. The fraction of sp³-hybridized carbons (Fsp3) is 0.447. The van der Waals surface area contributed by atoms with Crippen molar-refractivity contribution in [2.45, 2.75) is 96.8 Å². The highest BCUT2D eigenvalue weighted by Gasteiger charge is 2.40. The molecule has 5 rings (SSSR count). The number of hydrogen-bond donors (Lipinski definition) is 3. The second-order valence-electron chi connectivity index (χ2n) is 16.8. The Morgan fingerprint density at radius 2 is 1.45 bits per heavy atom. The maximum atomic E-state index is 11.5. The Kier molecular flexibility index (Phi) is 15.4. The van der Waals surface area contributed by atoms with Crippen LogP contribution < -0.4 is 24.4 Å². The Bertz CT molecular complexity index is 2330. The van der Waals surface area contributed by atoms with Gasteiger partial charge in [-0.3, -0.25) is 9.11 Å². The third-order valence-electron chi connectivity index (χ3n) is 11.3. The maximum absolute atomic E-state index is 11.5. The van der Waals surface area contributed by atoms with Gasteiger partial charge in [0.2, 0.25) is 0 Å². The van der Waals surface area contributed by atoms with Crippen molar-refractivity contribution < 1.29 is 40.2 Å². The minimum Gasteiger partial charge on any atom is -0.497 e. The zero-order valence-electron chi connectivity index (χ0n) is 36.1. The van der Waals surface area contributed by atoms with Crippen molar-refractivity contribution in [1.29, 1.82) is 0 Å². The first-order valence-corrected chi connectivity index (χ1v) is 23.9. The Labute approximate surface area is 357 Å². The van der Waals surface area contributed by atoms with Crippen LogP contribution in [-0.4, -0.2) is 64.8 Å². The van der Waals surface area contributed by atoms with Gasteiger partial charge in [0.05, 0.1) is 25.7 Å². The lowest BCUT2D eigenvalue weighted by Gasteiger charge is -2.28. The van der Waals surface area contributed by atoms with E-state index in [2.05, 4.69) is 81.3 Å². The number of ether oxygens (including phenoxy) is 3. The van der Waals surface area contributed by atoms with Gasteiger partial charge in [-0.2, -0.15) is 16.8 Å². The lowest BCUT2D eigenvalue weighted by atomic mass is 9.80. The summed E-state index contributed by atoms with van der Waals surface area (Å²) in [6.45, 7) is 12.0. The van der Waals surface area contributed by atoms with Crippen LogP contribution in [0.15, 0.2) is 108 Å². The number of hydrogen-bond acceptors (Lipinski definition) is 9. The zero-order chi connectivity index (χ0) is 43.7. The first kappa shape index (κ1) is 46.5. The van der Waals surface area contributed by atoms with Crippen LogP contribution in [0.25, 0.3) is 0 Å². The lowest BCUT2D eigenvalue weighted by Crippen LogP contribution is -2.27. The SMILES string of the molecule is COc1ccc(NCCCCS(=O)(=O)O)c(C(C)(C)C/C=C/C2=C(Oc3ccc(C)cc3)C(=C/C=C3/N(CCCCS(=O)(=O)O)c4ccc(OC)cc4C3(C)C)/CCC2)c1. The monoisotopic (exact) mass is 862 g/mol. The number of benzene rings is 3. The van der Waals surface area contributed by atoms with Gasteiger partial charge in [0.1, 0.15) is 23.0 Å². The molecular formula is C47H62N2O9S2. The average Bonchev–Trinajstić information content (AvgIpc) is 3.40. The van der Waals surface area contributed by atoms with Crippen molar-refractivity contribution in [2.24, 2.45) is 0 Å². The predicted molar refractivity (Wildman–Crippen MR) is 242 cm³/mol. The highest BCUT2D eigenvalue weighted by Crippen LogP contribution is 2.49. The van der Waals surface area contributed by atoms with Crippen molar-refractivity contribution >= 4 is 31.6 Å². The van der Waals surface area contributed by atoms with Crippen molar-refractivity contribution in [3.63, 3.8) is 0 Å². The summed E-state index contributed by atoms with van der Waals surface area (Å²) >= 11 is 0. The molecule has 0 aromatic heterocycles. The molecule has 2 aliphatic rings. The summed E-state index contributed by atoms with van der Waals surface area (Å²) in [7, 11) is -4.73. The molecule has 13 heteroatoms. The minimum atomic E-state index is -4.05. The average molecular weight is 863 g/mol. The third kappa shape index (κ3) is 12.5. The molecule has 1 aliphatic heterocycles. The summed E-state index contributed by atoms with van der Waals surface area (Å²) in [6, 6.07) is 20.1. The van der Waals surface area contributed by atoms with Gasteiger partial charge in [-0.1, -0.05) is 63.6 Å². The molecule has 60 heavy (non-hydrogen) atoms. The van der Waals surface area contributed by atoms with Crippen molar-refractivity contribution in [1.82, 2.24) is 0 Å². The molecule has 0 amide bonds. The van der Waals surface area contributed by atoms with Gasteiger partial charge in [-0.05, 0) is 141 Å². The number of rotatable bonds is 20. The van der Waals surface area contributed by atoms with Crippen LogP contribution >= 0.6 is 0 Å². The van der Waals surface area contributed by atoms with E-state index in [1.54, 1.807) is 14.2 Å². The minimum absolute atomic E-state index is 0.261. The van der Waals surface area contributed by atoms with Gasteiger partial charge in [0, 0.05) is 35.6 Å². The molecule has 11 nitrogen and oxygen atoms in total. The van der Waals surface area contributed by atoms with E-state index in [1.165, 1.54) is 0 Å². The van der Waals surface area contributed by atoms with E-state index < -0.39 is 20.2 Å². The fourth-order valence-electron chi connectivity index (χ4n) is 7.93. The molecule has 3 aromatic carbocycles. The van der Waals surface area contributed by atoms with Gasteiger partial charge < -0.3 is 24.4 Å². The largest absolute Gasteiger partial charge is 0.497 e. The van der Waals surface area contributed by atoms with E-state index in [-0.39, 0.29) is 22.3 Å². The molecule has 1 heterocycles. The van der Waals surface area contributed by atoms with Crippen LogP contribution in [-0.2, 0) is 31.1 Å². The molecule has 0 atom stereocenters. The molecule has 0 unspecified atom stereocenters. The van der Waals surface area contributed by atoms with Crippen molar-refractivity contribution in [3.05, 3.63) is 124 Å². The van der Waals surface area contributed by atoms with Crippen molar-refractivity contribution in [2.75, 3.05) is 49.0 Å².